The van der Waals surface area contributed by atoms with E-state index < -0.39 is 145 Å². The highest BCUT2D eigenvalue weighted by Gasteiger charge is 2.41. The van der Waals surface area contributed by atoms with Crippen molar-refractivity contribution >= 4 is 103 Å². The number of carbonyl (C=O) groups excluding carboxylic acids is 11. The maximum atomic E-state index is 14.8. The van der Waals surface area contributed by atoms with Crippen molar-refractivity contribution in [3.05, 3.63) is 66.2 Å². The lowest BCUT2D eigenvalue weighted by Gasteiger charge is -2.31. The van der Waals surface area contributed by atoms with E-state index in [1.807, 2.05) is 26.0 Å². The van der Waals surface area contributed by atoms with Crippen LogP contribution in [0.15, 0.2) is 60.7 Å². The molecule has 0 radical (unpaired) electrons. The van der Waals surface area contributed by atoms with Crippen LogP contribution in [0.25, 0.3) is 10.9 Å². The lowest BCUT2D eigenvalue weighted by molar-refractivity contribution is -0.142. The normalized spacial score (nSPS) is 22.7. The van der Waals surface area contributed by atoms with E-state index in [-0.39, 0.29) is 49.0 Å². The van der Waals surface area contributed by atoms with Gasteiger partial charge < -0.3 is 69.7 Å². The summed E-state index contributed by atoms with van der Waals surface area (Å²) in [6.07, 6.45) is -0.796. The first kappa shape index (κ1) is 62.2. The molecule has 25 nitrogen and oxygen atoms in total. The van der Waals surface area contributed by atoms with E-state index >= 15 is 0 Å². The summed E-state index contributed by atoms with van der Waals surface area (Å²) in [5.74, 6) is -10.1. The first-order chi connectivity index (χ1) is 37.5. The van der Waals surface area contributed by atoms with Crippen LogP contribution < -0.4 is 59.7 Å². The number of phenolic OH excluding ortho intramolecular Hbond substituents is 1. The molecule has 27 heteroatoms. The number of hydrogen-bond acceptors (Lipinski definition) is 16. The summed E-state index contributed by atoms with van der Waals surface area (Å²) in [7, 11) is 2.14. The number of phenols is 1. The first-order valence-corrected chi connectivity index (χ1v) is 28.4. The van der Waals surface area contributed by atoms with E-state index in [1.165, 1.54) is 17.0 Å². The Bertz CT molecular complexity index is 2720. The van der Waals surface area contributed by atoms with Gasteiger partial charge in [0.05, 0.1) is 18.5 Å². The second-order valence-electron chi connectivity index (χ2n) is 19.9. The van der Waals surface area contributed by atoms with E-state index in [1.54, 1.807) is 50.2 Å². The van der Waals surface area contributed by atoms with Gasteiger partial charge in [-0.1, -0.05) is 86.0 Å². The molecular weight excluding hydrogens is 1060 g/mol. The zero-order valence-electron chi connectivity index (χ0n) is 44.4. The van der Waals surface area contributed by atoms with E-state index in [2.05, 4.69) is 42.5 Å². The Balaban J connectivity index is 1.56. The molecule has 0 saturated carbocycles. The van der Waals surface area contributed by atoms with Crippen LogP contribution in [0.4, 0.5) is 5.82 Å². The second-order valence-corrected chi connectivity index (χ2v) is 22.4. The number of nitrogens with one attached hydrogen (secondary N) is 8. The largest absolute Gasteiger partial charge is 0.508 e. The third-order valence-electron chi connectivity index (χ3n) is 13.2. The Kier molecular flexibility index (Phi) is 23.5. The third kappa shape index (κ3) is 19.0. The Labute approximate surface area is 464 Å². The molecule has 428 valence electrons. The summed E-state index contributed by atoms with van der Waals surface area (Å²) in [6.45, 7) is 6.62. The lowest BCUT2D eigenvalue weighted by atomic mass is 9.96. The number of benzene rings is 2. The van der Waals surface area contributed by atoms with E-state index in [9.17, 15) is 57.8 Å². The van der Waals surface area contributed by atoms with Crippen LogP contribution in [0.2, 0.25) is 0 Å². The zero-order chi connectivity index (χ0) is 57.9. The first-order valence-electron chi connectivity index (χ1n) is 25.9. The maximum absolute atomic E-state index is 14.8. The summed E-state index contributed by atoms with van der Waals surface area (Å²) >= 11 is 0. The molecule has 15 N–H and O–H groups in total. The monoisotopic (exact) mass is 1130 g/mol. The van der Waals surface area contributed by atoms with Gasteiger partial charge in [-0.25, -0.2) is 4.98 Å². The van der Waals surface area contributed by atoms with Crippen LogP contribution in [-0.4, -0.2) is 153 Å². The Morgan fingerprint density at radius 3 is 2.09 bits per heavy atom. The predicted octanol–water partition coefficient (Wildman–Crippen LogP) is -0.907. The second kappa shape index (κ2) is 29.9. The SMILES string of the molecule is CC[C@H](C)[C@@H]1NC(=O)[C@H](Cc2ccc(O)cc2)NC(=O)[C@@H](Nc2ccc3ccccc3n2)CSSC[C@@H](C(=O)N2CCC[C@H]2C(=O)N[C@@H](CC(C)C)C(=O)NCC(N)=O)NC(=O)[C@H](CC(N)=O)NC(=O)[C@H](CCC(N)=O)NC1=O. The molecule has 2 fully saturated rings. The summed E-state index contributed by atoms with van der Waals surface area (Å²) < 4.78 is 0. The smallest absolute Gasteiger partial charge is 0.246 e. The number of likely N-dealkylation sites (tertiary alicyclic amines) is 1. The van der Waals surface area contributed by atoms with Crippen molar-refractivity contribution in [3.63, 3.8) is 0 Å². The average molecular weight is 1130 g/mol. The maximum Gasteiger partial charge on any atom is 0.246 e. The molecule has 3 aromatic rings. The van der Waals surface area contributed by atoms with Gasteiger partial charge >= 0.3 is 0 Å². The average Bonchev–Trinajstić information content (AvgIpc) is 3.96. The highest BCUT2D eigenvalue weighted by Crippen LogP contribution is 2.28. The molecule has 0 bridgehead atoms. The van der Waals surface area contributed by atoms with Crippen molar-refractivity contribution in [1.29, 1.82) is 0 Å². The van der Waals surface area contributed by atoms with Crippen molar-refractivity contribution in [2.24, 2.45) is 29.0 Å². The van der Waals surface area contributed by atoms with Crippen molar-refractivity contribution in [3.8, 4) is 5.75 Å². The van der Waals surface area contributed by atoms with Gasteiger partial charge in [0, 0.05) is 36.3 Å². The van der Waals surface area contributed by atoms with Gasteiger partial charge in [0.1, 0.15) is 59.9 Å². The number of carbonyl (C=O) groups is 11. The molecule has 11 amide bonds. The Morgan fingerprint density at radius 1 is 0.759 bits per heavy atom. The number of nitrogens with zero attached hydrogens (tertiary/aromatic N) is 2. The molecule has 2 aromatic carbocycles. The van der Waals surface area contributed by atoms with E-state index in [0.717, 1.165) is 27.0 Å². The molecule has 2 saturated heterocycles. The summed E-state index contributed by atoms with van der Waals surface area (Å²) in [5, 5.41) is 32.4. The number of aromatic nitrogens is 1. The number of primary amides is 3. The molecule has 2 aliphatic heterocycles. The molecule has 1 aromatic heterocycles. The predicted molar refractivity (Wildman–Crippen MR) is 296 cm³/mol. The van der Waals surface area contributed by atoms with Crippen LogP contribution >= 0.6 is 21.6 Å². The number of hydrogen-bond donors (Lipinski definition) is 12. The molecule has 0 unspecified atom stereocenters. The lowest BCUT2D eigenvalue weighted by Crippen LogP contribution is -2.61. The number of para-hydroxylation sites is 1. The minimum absolute atomic E-state index is 0.0357. The molecule has 3 heterocycles. The minimum Gasteiger partial charge on any atom is -0.508 e. The molecule has 9 atom stereocenters. The Morgan fingerprint density at radius 2 is 1.42 bits per heavy atom. The number of aromatic hydroxyl groups is 1. The van der Waals surface area contributed by atoms with Gasteiger partial charge in [-0.05, 0) is 73.4 Å². The zero-order valence-corrected chi connectivity index (χ0v) is 46.0. The summed E-state index contributed by atoms with van der Waals surface area (Å²) in [4.78, 5) is 156. The molecule has 0 spiro atoms. The number of fused-ring (bicyclic) bond motifs is 1. The molecule has 0 aliphatic carbocycles. The van der Waals surface area contributed by atoms with Crippen molar-refractivity contribution in [2.45, 2.75) is 127 Å². The van der Waals surface area contributed by atoms with Crippen molar-refractivity contribution < 1.29 is 57.8 Å². The van der Waals surface area contributed by atoms with E-state index in [4.69, 9.17) is 22.2 Å². The molecule has 5 rings (SSSR count). The van der Waals surface area contributed by atoms with Crippen LogP contribution in [0.5, 0.6) is 5.75 Å². The van der Waals surface area contributed by atoms with E-state index in [0.29, 0.717) is 29.7 Å². The highest BCUT2D eigenvalue weighted by atomic mass is 33.1. The van der Waals surface area contributed by atoms with Gasteiger partial charge in [-0.3, -0.25) is 52.7 Å². The fourth-order valence-electron chi connectivity index (χ4n) is 8.76. The minimum atomic E-state index is -1.78. The fourth-order valence-corrected chi connectivity index (χ4v) is 11.1. The van der Waals surface area contributed by atoms with Gasteiger partial charge in [0.25, 0.3) is 0 Å². The van der Waals surface area contributed by atoms with Crippen LogP contribution in [0.3, 0.4) is 0 Å². The number of anilines is 1. The number of pyridine rings is 1. The molecule has 2 aliphatic rings. The van der Waals surface area contributed by atoms with Gasteiger partial charge in [-0.2, -0.15) is 0 Å². The molecule has 79 heavy (non-hydrogen) atoms. The van der Waals surface area contributed by atoms with Crippen LogP contribution in [-0.2, 0) is 59.2 Å². The van der Waals surface area contributed by atoms with Crippen LogP contribution in [0, 0.1) is 11.8 Å². The number of nitrogens with two attached hydrogens (primary N) is 3. The topological polar surface area (TPSA) is 398 Å². The van der Waals surface area contributed by atoms with Crippen molar-refractivity contribution in [2.75, 3.05) is 29.9 Å². The third-order valence-corrected chi connectivity index (χ3v) is 15.6. The number of rotatable bonds is 19. The quantitative estimate of drug-likeness (QED) is 0.0647. The van der Waals surface area contributed by atoms with Gasteiger partial charge in [0.2, 0.25) is 65.0 Å². The number of amides is 11. The van der Waals surface area contributed by atoms with Gasteiger partial charge in [0.15, 0.2) is 0 Å². The fraction of sp³-hybridized carbons (Fsp3) is 0.500. The Hall–Kier alpha value is -7.68. The molecular formula is C52H71N13O12S2. The van der Waals surface area contributed by atoms with Crippen LogP contribution in [0.1, 0.15) is 78.2 Å². The summed E-state index contributed by atoms with van der Waals surface area (Å²) in [6, 6.07) is 5.69. The van der Waals surface area contributed by atoms with Crippen molar-refractivity contribution in [1.82, 2.24) is 47.1 Å². The van der Waals surface area contributed by atoms with Gasteiger partial charge in [-0.15, -0.1) is 0 Å². The highest BCUT2D eigenvalue weighted by molar-refractivity contribution is 8.76. The summed E-state index contributed by atoms with van der Waals surface area (Å²) in [5.41, 5.74) is 17.4. The standard InChI is InChI=1S/C52H71N13O12S2/c1-5-28(4)44-51(76)59-33(17-18-40(53)67)46(71)61-36(23-41(54)68)47(72)63-38(52(77)65-20-8-11-39(65)50(75)62-34(21-27(2)3)45(70)56-24-42(55)69)26-79-78-25-37(58-43-19-14-30-9-6-7-10-32(30)57-43)49(74)60-35(48(73)64-44)22-29-12-15-31(66)16-13-29/h6-7,9-10,12-16,19,27-28,33-39,44,66H,5,8,11,17-18,20-26H2,1-4H3,(H2,53,67)(H2,54,68)(H2,55,69)(H,56,70)(H,57,58)(H,59,76)(H,60,74)(H,61,71)(H,62,75)(H,63,72)(H,64,73)/t28-,33-,34-,35-,36-,37-,38-,39-,44-/m0/s1.